The van der Waals surface area contributed by atoms with E-state index in [-0.39, 0.29) is 5.91 Å². The fraction of sp³-hybridized carbons (Fsp3) is 0.211. The molecule has 3 aromatic rings. The molecule has 6 nitrogen and oxygen atoms in total. The molecule has 1 aromatic carbocycles. The number of carbonyl (C=O) groups is 1. The molecule has 8 heteroatoms. The predicted octanol–water partition coefficient (Wildman–Crippen LogP) is 3.43. The molecule has 0 saturated carbocycles. The Labute approximate surface area is 166 Å². The lowest BCUT2D eigenvalue weighted by atomic mass is 10.3. The second-order valence-electron chi connectivity index (χ2n) is 5.53. The molecule has 0 saturated heterocycles. The molecule has 1 amide bonds. The number of nitrogens with one attached hydrogen (secondary N) is 1. The molecule has 0 atom stereocenters. The average molecular weight is 401 g/mol. The number of hydrogen-bond acceptors (Lipinski definition) is 6. The van der Waals surface area contributed by atoms with E-state index in [1.165, 1.54) is 11.8 Å². The lowest BCUT2D eigenvalue weighted by Gasteiger charge is -2.10. The zero-order valence-electron chi connectivity index (χ0n) is 15.1. The van der Waals surface area contributed by atoms with Gasteiger partial charge in [-0.1, -0.05) is 17.8 Å². The number of hydrogen-bond donors (Lipinski definition) is 1. The van der Waals surface area contributed by atoms with Gasteiger partial charge in [-0.05, 0) is 48.0 Å². The summed E-state index contributed by atoms with van der Waals surface area (Å²) in [6, 6.07) is 11.7. The average Bonchev–Trinajstić information content (AvgIpc) is 3.36. The van der Waals surface area contributed by atoms with Gasteiger partial charge >= 0.3 is 0 Å². The van der Waals surface area contributed by atoms with Crippen LogP contribution in [0.15, 0.2) is 53.0 Å². The van der Waals surface area contributed by atoms with Crippen molar-refractivity contribution in [3.63, 3.8) is 0 Å². The van der Waals surface area contributed by atoms with Crippen molar-refractivity contribution in [2.24, 2.45) is 0 Å². The Morgan fingerprint density at radius 2 is 2.11 bits per heavy atom. The maximum atomic E-state index is 12.0. The monoisotopic (exact) mass is 400 g/mol. The Bertz CT molecular complexity index is 902. The number of carbonyl (C=O) groups excluding carboxylic acids is 1. The first-order valence-electron chi connectivity index (χ1n) is 8.33. The van der Waals surface area contributed by atoms with Crippen LogP contribution in [0.25, 0.3) is 11.8 Å². The van der Waals surface area contributed by atoms with Crippen molar-refractivity contribution in [3.05, 3.63) is 58.6 Å². The molecule has 0 aliphatic rings. The van der Waals surface area contributed by atoms with Crippen LogP contribution < -0.4 is 10.1 Å². The summed E-state index contributed by atoms with van der Waals surface area (Å²) in [6.45, 7) is 0.482. The first-order chi connectivity index (χ1) is 13.2. The molecule has 0 fully saturated rings. The SMILES string of the molecule is COc1ccc(-n2c(CCNC(=O)C=Cc3cccs3)nnc2SC)cc1. The molecule has 0 aliphatic heterocycles. The molecule has 27 heavy (non-hydrogen) atoms. The zero-order valence-corrected chi connectivity index (χ0v) is 16.7. The van der Waals surface area contributed by atoms with E-state index in [0.717, 1.165) is 27.3 Å². The highest BCUT2D eigenvalue weighted by Gasteiger charge is 2.13. The van der Waals surface area contributed by atoms with E-state index in [1.807, 2.05) is 58.7 Å². The smallest absolute Gasteiger partial charge is 0.244 e. The molecule has 0 spiro atoms. The van der Waals surface area contributed by atoms with E-state index in [2.05, 4.69) is 15.5 Å². The van der Waals surface area contributed by atoms with Gasteiger partial charge in [0, 0.05) is 29.6 Å². The molecule has 0 bridgehead atoms. The Morgan fingerprint density at radius 3 is 2.78 bits per heavy atom. The van der Waals surface area contributed by atoms with Gasteiger partial charge in [-0.15, -0.1) is 21.5 Å². The summed E-state index contributed by atoms with van der Waals surface area (Å²) in [6.07, 6.45) is 5.90. The van der Waals surface area contributed by atoms with Crippen LogP contribution in [-0.4, -0.2) is 40.6 Å². The summed E-state index contributed by atoms with van der Waals surface area (Å²) >= 11 is 3.12. The molecule has 0 radical (unpaired) electrons. The van der Waals surface area contributed by atoms with E-state index in [9.17, 15) is 4.79 Å². The summed E-state index contributed by atoms with van der Waals surface area (Å²) < 4.78 is 7.21. The third kappa shape index (κ3) is 4.99. The first kappa shape index (κ1) is 19.2. The molecular formula is C19H20N4O2S2. The highest BCUT2D eigenvalue weighted by atomic mass is 32.2. The highest BCUT2D eigenvalue weighted by molar-refractivity contribution is 7.98. The zero-order chi connectivity index (χ0) is 19.1. The van der Waals surface area contributed by atoms with Gasteiger partial charge in [0.05, 0.1) is 7.11 Å². The number of methoxy groups -OCH3 is 1. The normalized spacial score (nSPS) is 11.0. The summed E-state index contributed by atoms with van der Waals surface area (Å²) in [5.41, 5.74) is 0.962. The minimum atomic E-state index is -0.121. The largest absolute Gasteiger partial charge is 0.497 e. The van der Waals surface area contributed by atoms with Crippen LogP contribution >= 0.6 is 23.1 Å². The van der Waals surface area contributed by atoms with Crippen molar-refractivity contribution < 1.29 is 9.53 Å². The number of thioether (sulfide) groups is 1. The van der Waals surface area contributed by atoms with Gasteiger partial charge < -0.3 is 10.1 Å². The third-order valence-corrected chi connectivity index (χ3v) is 5.27. The topological polar surface area (TPSA) is 69.0 Å². The van der Waals surface area contributed by atoms with Crippen molar-refractivity contribution in [1.82, 2.24) is 20.1 Å². The number of ether oxygens (including phenoxy) is 1. The lowest BCUT2D eigenvalue weighted by Crippen LogP contribution is -2.24. The number of rotatable bonds is 8. The van der Waals surface area contributed by atoms with Crippen LogP contribution in [0.5, 0.6) is 5.75 Å². The van der Waals surface area contributed by atoms with Crippen LogP contribution in [0.1, 0.15) is 10.7 Å². The van der Waals surface area contributed by atoms with E-state index in [4.69, 9.17) is 4.74 Å². The van der Waals surface area contributed by atoms with Gasteiger partial charge in [0.15, 0.2) is 5.16 Å². The van der Waals surface area contributed by atoms with Crippen LogP contribution in [0.4, 0.5) is 0 Å². The summed E-state index contributed by atoms with van der Waals surface area (Å²) in [5, 5.41) is 14.2. The molecule has 1 N–H and O–H groups in total. The molecule has 2 heterocycles. The van der Waals surface area contributed by atoms with Gasteiger partial charge in [-0.3, -0.25) is 9.36 Å². The third-order valence-electron chi connectivity index (χ3n) is 3.80. The van der Waals surface area contributed by atoms with Gasteiger partial charge in [-0.25, -0.2) is 0 Å². The number of aromatic nitrogens is 3. The molecular weight excluding hydrogens is 380 g/mol. The van der Waals surface area contributed by atoms with E-state index in [1.54, 1.807) is 24.5 Å². The Balaban J connectivity index is 1.64. The van der Waals surface area contributed by atoms with E-state index in [0.29, 0.717) is 13.0 Å². The lowest BCUT2D eigenvalue weighted by molar-refractivity contribution is -0.116. The van der Waals surface area contributed by atoms with Crippen LogP contribution in [0.3, 0.4) is 0 Å². The molecule has 0 unspecified atom stereocenters. The number of nitrogens with zero attached hydrogens (tertiary/aromatic N) is 3. The quantitative estimate of drug-likeness (QED) is 0.463. The van der Waals surface area contributed by atoms with Gasteiger partial charge in [-0.2, -0.15) is 0 Å². The summed E-state index contributed by atoms with van der Waals surface area (Å²) in [4.78, 5) is 13.0. The molecule has 3 rings (SSSR count). The van der Waals surface area contributed by atoms with Crippen molar-refractivity contribution in [2.45, 2.75) is 11.6 Å². The highest BCUT2D eigenvalue weighted by Crippen LogP contribution is 2.22. The maximum Gasteiger partial charge on any atom is 0.244 e. The maximum absolute atomic E-state index is 12.0. The van der Waals surface area contributed by atoms with E-state index < -0.39 is 0 Å². The summed E-state index contributed by atoms with van der Waals surface area (Å²) in [7, 11) is 1.64. The Morgan fingerprint density at radius 1 is 1.30 bits per heavy atom. The van der Waals surface area contributed by atoms with Crippen LogP contribution in [0, 0.1) is 0 Å². The number of thiophene rings is 1. The molecule has 140 valence electrons. The fourth-order valence-corrected chi connectivity index (χ4v) is 3.62. The van der Waals surface area contributed by atoms with Gasteiger partial charge in [0.25, 0.3) is 0 Å². The summed E-state index contributed by atoms with van der Waals surface area (Å²) in [5.74, 6) is 1.47. The first-order valence-corrected chi connectivity index (χ1v) is 10.4. The van der Waals surface area contributed by atoms with Crippen LogP contribution in [0.2, 0.25) is 0 Å². The van der Waals surface area contributed by atoms with Crippen molar-refractivity contribution >= 4 is 35.1 Å². The Hall–Kier alpha value is -2.58. The Kier molecular flexibility index (Phi) is 6.67. The van der Waals surface area contributed by atoms with E-state index >= 15 is 0 Å². The van der Waals surface area contributed by atoms with Crippen molar-refractivity contribution in [1.29, 1.82) is 0 Å². The minimum Gasteiger partial charge on any atom is -0.497 e. The van der Waals surface area contributed by atoms with Gasteiger partial charge in [0.1, 0.15) is 11.6 Å². The molecule has 0 aliphatic carbocycles. The minimum absolute atomic E-state index is 0.121. The standard InChI is InChI=1S/C19H20N4O2S2/c1-25-15-7-5-14(6-8-15)23-17(21-22-19(23)26-2)11-12-20-18(24)10-9-16-4-3-13-27-16/h3-10,13H,11-12H2,1-2H3,(H,20,24). The predicted molar refractivity (Wildman–Crippen MR) is 110 cm³/mol. The van der Waals surface area contributed by atoms with Crippen molar-refractivity contribution in [2.75, 3.05) is 19.9 Å². The van der Waals surface area contributed by atoms with Crippen LogP contribution in [-0.2, 0) is 11.2 Å². The number of benzene rings is 1. The van der Waals surface area contributed by atoms with Crippen molar-refractivity contribution in [3.8, 4) is 11.4 Å². The second kappa shape index (κ2) is 9.38. The number of amides is 1. The molecule has 2 aromatic heterocycles. The second-order valence-corrected chi connectivity index (χ2v) is 7.28. The fourth-order valence-electron chi connectivity index (χ4n) is 2.49. The van der Waals surface area contributed by atoms with Gasteiger partial charge in [0.2, 0.25) is 5.91 Å².